The Morgan fingerprint density at radius 3 is 2.60 bits per heavy atom. The fraction of sp³-hybridized carbons (Fsp3) is 0.435. The summed E-state index contributed by atoms with van der Waals surface area (Å²) >= 11 is 2.58. The molecule has 0 spiro atoms. The molecule has 2 aromatic rings. The van der Waals surface area contributed by atoms with Crippen molar-refractivity contribution in [3.63, 3.8) is 0 Å². The Balaban J connectivity index is 2.15. The number of aliphatic hydroxyl groups is 1. The summed E-state index contributed by atoms with van der Waals surface area (Å²) in [5, 5.41) is 23.4. The number of nitrogens with one attached hydrogen (secondary N) is 3. The van der Waals surface area contributed by atoms with E-state index in [0.29, 0.717) is 5.16 Å². The fourth-order valence-corrected chi connectivity index (χ4v) is 4.20. The summed E-state index contributed by atoms with van der Waals surface area (Å²) in [7, 11) is 0. The van der Waals surface area contributed by atoms with E-state index in [4.69, 9.17) is 6.42 Å². The molecular weight excluding hydrogens is 488 g/mol. The maximum absolute atomic E-state index is 13.3. The number of amides is 3. The van der Waals surface area contributed by atoms with Gasteiger partial charge >= 0.3 is 0 Å². The summed E-state index contributed by atoms with van der Waals surface area (Å²) in [4.78, 5) is 43.4. The molecule has 35 heavy (non-hydrogen) atoms. The summed E-state index contributed by atoms with van der Waals surface area (Å²) in [5.41, 5.74) is 0.834. The van der Waals surface area contributed by atoms with E-state index in [1.165, 1.54) is 23.0 Å². The van der Waals surface area contributed by atoms with Gasteiger partial charge in [-0.2, -0.15) is 0 Å². The highest BCUT2D eigenvalue weighted by Crippen LogP contribution is 2.15. The van der Waals surface area contributed by atoms with Crippen LogP contribution >= 0.6 is 23.5 Å². The Morgan fingerprint density at radius 2 is 1.97 bits per heavy atom. The maximum Gasteiger partial charge on any atom is 0.254 e. The molecule has 188 valence electrons. The molecule has 3 amide bonds. The van der Waals surface area contributed by atoms with Crippen molar-refractivity contribution in [2.45, 2.75) is 42.8 Å². The van der Waals surface area contributed by atoms with Gasteiger partial charge < -0.3 is 20.6 Å². The molecule has 1 aromatic heterocycles. The van der Waals surface area contributed by atoms with Crippen molar-refractivity contribution < 1.29 is 19.5 Å². The molecule has 10 nitrogen and oxygen atoms in total. The van der Waals surface area contributed by atoms with E-state index in [1.54, 1.807) is 0 Å². The highest BCUT2D eigenvalue weighted by atomic mass is 32.2. The summed E-state index contributed by atoms with van der Waals surface area (Å²) in [6.45, 7) is 3.71. The fourth-order valence-electron chi connectivity index (χ4n) is 2.92. The third-order valence-corrected chi connectivity index (χ3v) is 6.59. The number of rotatable bonds is 14. The van der Waals surface area contributed by atoms with Crippen molar-refractivity contribution in [1.82, 2.24) is 30.7 Å². The van der Waals surface area contributed by atoms with Crippen LogP contribution in [-0.2, 0) is 20.8 Å². The molecule has 1 heterocycles. The van der Waals surface area contributed by atoms with Gasteiger partial charge in [0.25, 0.3) is 5.91 Å². The van der Waals surface area contributed by atoms with Crippen LogP contribution in [0.1, 0.15) is 19.4 Å². The number of H-pyrrole nitrogens is 1. The zero-order valence-electron chi connectivity index (χ0n) is 19.6. The van der Waals surface area contributed by atoms with E-state index in [1.807, 2.05) is 44.2 Å². The average molecular weight is 519 g/mol. The molecule has 0 radical (unpaired) electrons. The Labute approximate surface area is 213 Å². The molecule has 0 aliphatic carbocycles. The normalized spacial score (nSPS) is 12.4. The zero-order chi connectivity index (χ0) is 25.6. The van der Waals surface area contributed by atoms with Gasteiger partial charge in [0.15, 0.2) is 6.10 Å². The number of aliphatic hydroxyl groups excluding tert-OH is 1. The second kappa shape index (κ2) is 15.1. The van der Waals surface area contributed by atoms with Crippen LogP contribution in [0.4, 0.5) is 0 Å². The van der Waals surface area contributed by atoms with Gasteiger partial charge in [0.1, 0.15) is 12.9 Å². The average Bonchev–Trinajstić information content (AvgIpc) is 3.37. The van der Waals surface area contributed by atoms with E-state index in [0.717, 1.165) is 17.3 Å². The lowest BCUT2D eigenvalue weighted by Crippen LogP contribution is -2.54. The molecule has 2 rings (SSSR count). The van der Waals surface area contributed by atoms with Crippen LogP contribution in [0.25, 0.3) is 0 Å². The lowest BCUT2D eigenvalue weighted by molar-refractivity contribution is -0.144. The number of thioether (sulfide) groups is 2. The predicted molar refractivity (Wildman–Crippen MR) is 136 cm³/mol. The van der Waals surface area contributed by atoms with Gasteiger partial charge in [0.2, 0.25) is 17.0 Å². The summed E-state index contributed by atoms with van der Waals surface area (Å²) in [6.07, 6.45) is 5.25. The maximum atomic E-state index is 13.3. The smallest absolute Gasteiger partial charge is 0.254 e. The van der Waals surface area contributed by atoms with Crippen LogP contribution in [0.5, 0.6) is 0 Å². The van der Waals surface area contributed by atoms with Gasteiger partial charge in [0.05, 0.1) is 24.2 Å². The number of hydrogen-bond acceptors (Lipinski definition) is 8. The van der Waals surface area contributed by atoms with E-state index >= 15 is 0 Å². The van der Waals surface area contributed by atoms with Gasteiger partial charge in [-0.25, -0.2) is 4.98 Å². The van der Waals surface area contributed by atoms with E-state index in [-0.39, 0.29) is 42.3 Å². The molecule has 2 atom stereocenters. The number of aromatic nitrogens is 3. The largest absolute Gasteiger partial charge is 0.381 e. The van der Waals surface area contributed by atoms with Crippen molar-refractivity contribution in [3.05, 3.63) is 42.2 Å². The minimum atomic E-state index is -1.57. The van der Waals surface area contributed by atoms with Crippen LogP contribution in [0.2, 0.25) is 0 Å². The molecule has 0 unspecified atom stereocenters. The summed E-state index contributed by atoms with van der Waals surface area (Å²) < 4.78 is 0. The Bertz CT molecular complexity index is 982. The number of carbonyl (C=O) groups is 3. The molecule has 1 aromatic carbocycles. The van der Waals surface area contributed by atoms with Crippen molar-refractivity contribution in [3.8, 4) is 12.3 Å². The first kappa shape index (κ1) is 28.2. The number of hydrogen-bond donors (Lipinski definition) is 4. The van der Waals surface area contributed by atoms with Crippen molar-refractivity contribution in [2.24, 2.45) is 0 Å². The summed E-state index contributed by atoms with van der Waals surface area (Å²) in [5.74, 6) is 1.04. The second-order valence-electron chi connectivity index (χ2n) is 7.74. The van der Waals surface area contributed by atoms with Crippen molar-refractivity contribution in [2.75, 3.05) is 24.7 Å². The van der Waals surface area contributed by atoms with Crippen LogP contribution in [-0.4, -0.2) is 85.0 Å². The molecule has 4 N–H and O–H groups in total. The molecule has 0 fully saturated rings. The second-order valence-corrected chi connectivity index (χ2v) is 10.2. The van der Waals surface area contributed by atoms with Crippen LogP contribution < -0.4 is 10.6 Å². The van der Waals surface area contributed by atoms with E-state index < -0.39 is 24.0 Å². The third kappa shape index (κ3) is 10.4. The number of nitrogens with zero attached hydrogens (tertiary/aromatic N) is 3. The van der Waals surface area contributed by atoms with E-state index in [9.17, 15) is 19.5 Å². The zero-order valence-corrected chi connectivity index (χ0v) is 21.3. The van der Waals surface area contributed by atoms with Crippen molar-refractivity contribution in [1.29, 1.82) is 0 Å². The van der Waals surface area contributed by atoms with Gasteiger partial charge in [-0.3, -0.25) is 19.5 Å². The molecule has 0 bridgehead atoms. The topological polar surface area (TPSA) is 140 Å². The number of benzene rings is 1. The van der Waals surface area contributed by atoms with Gasteiger partial charge in [-0.15, -0.1) is 23.3 Å². The Morgan fingerprint density at radius 1 is 1.23 bits per heavy atom. The first-order valence-corrected chi connectivity index (χ1v) is 12.9. The first-order chi connectivity index (χ1) is 16.8. The van der Waals surface area contributed by atoms with Gasteiger partial charge in [-0.05, 0) is 12.0 Å². The lowest BCUT2D eigenvalue weighted by atomic mass is 10.00. The van der Waals surface area contributed by atoms with Crippen LogP contribution in [0.15, 0.2) is 41.8 Å². The standard InChI is InChI=1S/C23H30N6O4S2/c1-4-10-24-19(30)12-29(15-35-16(2)3)22(33)21(32)18(11-17-8-6-5-7-9-17)27-20(31)13-34-23-25-14-26-28-23/h1,5-9,14,16,18,21,32H,10-13,15H2,2-3H3,(H,24,30)(H,27,31)(H,25,26,28)/t18-,21-/m0/s1. The summed E-state index contributed by atoms with van der Waals surface area (Å²) in [6, 6.07) is 8.31. The first-order valence-electron chi connectivity index (χ1n) is 10.9. The molecule has 0 saturated heterocycles. The monoisotopic (exact) mass is 518 g/mol. The molecule has 0 saturated carbocycles. The third-order valence-electron chi connectivity index (χ3n) is 4.60. The highest BCUT2D eigenvalue weighted by Gasteiger charge is 2.32. The minimum Gasteiger partial charge on any atom is -0.381 e. The number of carbonyl (C=O) groups excluding carboxylic acids is 3. The van der Waals surface area contributed by atoms with E-state index in [2.05, 4.69) is 31.7 Å². The van der Waals surface area contributed by atoms with Crippen molar-refractivity contribution >= 4 is 41.2 Å². The number of aromatic amines is 1. The molecule has 0 aliphatic heterocycles. The van der Waals surface area contributed by atoms with Crippen LogP contribution in [0, 0.1) is 12.3 Å². The predicted octanol–water partition coefficient (Wildman–Crippen LogP) is 0.662. The molecular formula is C23H30N6O4S2. The SMILES string of the molecule is C#CCNC(=O)CN(CSC(C)C)C(=O)[C@@H](O)[C@H](Cc1ccccc1)NC(=O)CSc1nc[nH]n1. The molecule has 0 aliphatic rings. The highest BCUT2D eigenvalue weighted by molar-refractivity contribution is 8.00. The Kier molecular flexibility index (Phi) is 12.2. The van der Waals surface area contributed by atoms with Gasteiger partial charge in [-0.1, -0.05) is 61.9 Å². The Hall–Kier alpha value is -3.01. The van der Waals surface area contributed by atoms with Gasteiger partial charge in [0, 0.05) is 5.25 Å². The quantitative estimate of drug-likeness (QED) is 0.162. The minimum absolute atomic E-state index is 0.00542. The number of terminal acetylenes is 1. The lowest BCUT2D eigenvalue weighted by Gasteiger charge is -2.29. The molecule has 12 heteroatoms. The van der Waals surface area contributed by atoms with Crippen LogP contribution in [0.3, 0.4) is 0 Å².